The SMILES string of the molecule is Cc1ccc(C(C=N)C=N)nc1Br. The van der Waals surface area contributed by atoms with Gasteiger partial charge in [-0.15, -0.1) is 0 Å². The Labute approximate surface area is 85.3 Å². The maximum Gasteiger partial charge on any atom is 0.109 e. The Morgan fingerprint density at radius 3 is 2.46 bits per heavy atom. The lowest BCUT2D eigenvalue weighted by molar-refractivity contribution is 1.05. The van der Waals surface area contributed by atoms with E-state index in [-0.39, 0.29) is 5.92 Å². The van der Waals surface area contributed by atoms with Gasteiger partial charge in [-0.25, -0.2) is 4.98 Å². The monoisotopic (exact) mass is 239 g/mol. The van der Waals surface area contributed by atoms with Crippen molar-refractivity contribution in [2.75, 3.05) is 0 Å². The van der Waals surface area contributed by atoms with Crippen molar-refractivity contribution in [1.29, 1.82) is 10.8 Å². The van der Waals surface area contributed by atoms with Gasteiger partial charge in [0.2, 0.25) is 0 Å². The summed E-state index contributed by atoms with van der Waals surface area (Å²) >= 11 is 3.31. The molecule has 0 aliphatic carbocycles. The highest BCUT2D eigenvalue weighted by molar-refractivity contribution is 9.10. The molecule has 0 atom stereocenters. The van der Waals surface area contributed by atoms with Gasteiger partial charge in [-0.3, -0.25) is 0 Å². The van der Waals surface area contributed by atoms with Crippen molar-refractivity contribution >= 4 is 28.4 Å². The van der Waals surface area contributed by atoms with Crippen LogP contribution in [0.15, 0.2) is 16.7 Å². The van der Waals surface area contributed by atoms with Crippen molar-refractivity contribution in [1.82, 2.24) is 4.98 Å². The second-order valence-electron chi connectivity index (χ2n) is 2.70. The van der Waals surface area contributed by atoms with Crippen molar-refractivity contribution < 1.29 is 0 Å². The average molecular weight is 240 g/mol. The van der Waals surface area contributed by atoms with E-state index in [2.05, 4.69) is 20.9 Å². The fraction of sp³-hybridized carbons (Fsp3) is 0.222. The van der Waals surface area contributed by atoms with Crippen LogP contribution in [0.25, 0.3) is 0 Å². The van der Waals surface area contributed by atoms with E-state index in [1.165, 1.54) is 12.4 Å². The van der Waals surface area contributed by atoms with Crippen LogP contribution in [-0.2, 0) is 0 Å². The standard InChI is InChI=1S/C9H10BrN3/c1-6-2-3-8(13-9(6)10)7(4-11)5-12/h2-5,7,11-12H,1H3. The van der Waals surface area contributed by atoms with Crippen molar-refractivity contribution in [3.8, 4) is 0 Å². The summed E-state index contributed by atoms with van der Waals surface area (Å²) in [4.78, 5) is 4.23. The van der Waals surface area contributed by atoms with E-state index in [4.69, 9.17) is 10.8 Å². The molecule has 0 radical (unpaired) electrons. The molecule has 0 bridgehead atoms. The molecule has 0 aliphatic heterocycles. The van der Waals surface area contributed by atoms with E-state index in [0.29, 0.717) is 0 Å². The molecule has 0 unspecified atom stereocenters. The molecule has 0 aliphatic rings. The van der Waals surface area contributed by atoms with Crippen LogP contribution in [0.1, 0.15) is 17.2 Å². The van der Waals surface area contributed by atoms with Crippen LogP contribution in [0.2, 0.25) is 0 Å². The zero-order valence-electron chi connectivity index (χ0n) is 7.21. The van der Waals surface area contributed by atoms with E-state index >= 15 is 0 Å². The minimum Gasteiger partial charge on any atom is -0.312 e. The summed E-state index contributed by atoms with van der Waals surface area (Å²) in [6.07, 6.45) is 2.41. The summed E-state index contributed by atoms with van der Waals surface area (Å²) in [5.74, 6) is -0.308. The van der Waals surface area contributed by atoms with Crippen LogP contribution in [0.3, 0.4) is 0 Å². The topological polar surface area (TPSA) is 60.6 Å². The van der Waals surface area contributed by atoms with Gasteiger partial charge in [0.1, 0.15) is 4.60 Å². The van der Waals surface area contributed by atoms with Gasteiger partial charge in [-0.1, -0.05) is 6.07 Å². The molecule has 0 aromatic carbocycles. The summed E-state index contributed by atoms with van der Waals surface area (Å²) < 4.78 is 0.777. The van der Waals surface area contributed by atoms with Gasteiger partial charge in [0.15, 0.2) is 0 Å². The lowest BCUT2D eigenvalue weighted by atomic mass is 10.1. The summed E-state index contributed by atoms with van der Waals surface area (Å²) in [6, 6.07) is 3.76. The first-order valence-electron chi connectivity index (χ1n) is 3.83. The Hall–Kier alpha value is -1.03. The van der Waals surface area contributed by atoms with Gasteiger partial charge in [0, 0.05) is 12.4 Å². The molecule has 13 heavy (non-hydrogen) atoms. The molecule has 1 rings (SSSR count). The third-order valence-corrected chi connectivity index (χ3v) is 2.56. The number of rotatable bonds is 3. The summed E-state index contributed by atoms with van der Waals surface area (Å²) in [5.41, 5.74) is 1.78. The zero-order valence-corrected chi connectivity index (χ0v) is 8.80. The Bertz CT molecular complexity index is 328. The van der Waals surface area contributed by atoms with Crippen molar-refractivity contribution in [2.45, 2.75) is 12.8 Å². The van der Waals surface area contributed by atoms with Crippen molar-refractivity contribution in [3.05, 3.63) is 28.0 Å². The maximum absolute atomic E-state index is 7.09. The number of pyridine rings is 1. The Kier molecular flexibility index (Phi) is 3.31. The van der Waals surface area contributed by atoms with E-state index in [9.17, 15) is 0 Å². The maximum atomic E-state index is 7.09. The van der Waals surface area contributed by atoms with Gasteiger partial charge < -0.3 is 10.8 Å². The smallest absolute Gasteiger partial charge is 0.109 e. The van der Waals surface area contributed by atoms with E-state index in [0.717, 1.165) is 15.9 Å². The van der Waals surface area contributed by atoms with E-state index in [1.807, 2.05) is 19.1 Å². The fourth-order valence-electron chi connectivity index (χ4n) is 0.922. The predicted octanol–water partition coefficient (Wildman–Crippen LogP) is 2.54. The van der Waals surface area contributed by atoms with Gasteiger partial charge in [0.25, 0.3) is 0 Å². The van der Waals surface area contributed by atoms with E-state index in [1.54, 1.807) is 0 Å². The van der Waals surface area contributed by atoms with Crippen molar-refractivity contribution in [2.24, 2.45) is 0 Å². The van der Waals surface area contributed by atoms with Gasteiger partial charge >= 0.3 is 0 Å². The molecule has 0 amide bonds. The molecule has 2 N–H and O–H groups in total. The Morgan fingerprint density at radius 1 is 1.38 bits per heavy atom. The van der Waals surface area contributed by atoms with Gasteiger partial charge in [-0.2, -0.15) is 0 Å². The first-order valence-corrected chi connectivity index (χ1v) is 4.62. The molecule has 1 heterocycles. The summed E-state index contributed by atoms with van der Waals surface area (Å²) in [6.45, 7) is 1.95. The zero-order chi connectivity index (χ0) is 9.84. The number of hydrogen-bond donors (Lipinski definition) is 2. The molecule has 0 fully saturated rings. The van der Waals surface area contributed by atoms with Crippen LogP contribution in [0.4, 0.5) is 0 Å². The van der Waals surface area contributed by atoms with Crippen LogP contribution in [-0.4, -0.2) is 17.4 Å². The lowest BCUT2D eigenvalue weighted by Gasteiger charge is -2.05. The van der Waals surface area contributed by atoms with Crippen LogP contribution >= 0.6 is 15.9 Å². The summed E-state index contributed by atoms with van der Waals surface area (Å²) in [7, 11) is 0. The molecule has 3 nitrogen and oxygen atoms in total. The minimum atomic E-state index is -0.308. The Morgan fingerprint density at radius 2 is 2.00 bits per heavy atom. The van der Waals surface area contributed by atoms with E-state index < -0.39 is 0 Å². The molecule has 4 heteroatoms. The number of aryl methyl sites for hydroxylation is 1. The number of hydrogen-bond acceptors (Lipinski definition) is 3. The van der Waals surface area contributed by atoms with Crippen LogP contribution in [0.5, 0.6) is 0 Å². The van der Waals surface area contributed by atoms with Gasteiger partial charge in [-0.05, 0) is 34.5 Å². The number of aromatic nitrogens is 1. The molecular formula is C9H10BrN3. The molecule has 1 aromatic rings. The first-order chi connectivity index (χ1) is 6.19. The van der Waals surface area contributed by atoms with Gasteiger partial charge in [0.05, 0.1) is 11.6 Å². The fourth-order valence-corrected chi connectivity index (χ4v) is 1.26. The molecular weight excluding hydrogens is 230 g/mol. The summed E-state index contributed by atoms with van der Waals surface area (Å²) in [5, 5.41) is 14.2. The number of nitrogens with one attached hydrogen (secondary N) is 2. The normalized spacial score (nSPS) is 12.2. The van der Waals surface area contributed by atoms with Crippen LogP contribution in [0, 0.1) is 17.7 Å². The highest BCUT2D eigenvalue weighted by Gasteiger charge is 2.07. The number of halogens is 1. The average Bonchev–Trinajstić information content (AvgIpc) is 2.13. The number of nitrogens with zero attached hydrogens (tertiary/aromatic N) is 1. The van der Waals surface area contributed by atoms with Crippen LogP contribution < -0.4 is 0 Å². The molecule has 0 saturated heterocycles. The predicted molar refractivity (Wildman–Crippen MR) is 57.0 cm³/mol. The highest BCUT2D eigenvalue weighted by Crippen LogP contribution is 2.16. The second kappa shape index (κ2) is 4.28. The lowest BCUT2D eigenvalue weighted by Crippen LogP contribution is -2.03. The Balaban J connectivity index is 3.08. The highest BCUT2D eigenvalue weighted by atomic mass is 79.9. The minimum absolute atomic E-state index is 0.308. The first kappa shape index (κ1) is 10.1. The largest absolute Gasteiger partial charge is 0.312 e. The molecule has 1 aromatic heterocycles. The second-order valence-corrected chi connectivity index (χ2v) is 3.45. The van der Waals surface area contributed by atoms with Crippen molar-refractivity contribution in [3.63, 3.8) is 0 Å². The molecule has 0 saturated carbocycles. The quantitative estimate of drug-likeness (QED) is 0.618. The third-order valence-electron chi connectivity index (χ3n) is 1.76. The molecule has 0 spiro atoms. The third kappa shape index (κ3) is 2.21. The molecule has 68 valence electrons.